The van der Waals surface area contributed by atoms with Gasteiger partial charge in [-0.3, -0.25) is 0 Å². The molecule has 17 heavy (non-hydrogen) atoms. The number of methoxy groups -OCH3 is 1. The Balaban J connectivity index is 2.17. The predicted molar refractivity (Wildman–Crippen MR) is 68.3 cm³/mol. The van der Waals surface area contributed by atoms with Gasteiger partial charge >= 0.3 is 0 Å². The van der Waals surface area contributed by atoms with Gasteiger partial charge in [-0.1, -0.05) is 12.1 Å². The zero-order valence-electron chi connectivity index (χ0n) is 10.2. The molecule has 0 fully saturated rings. The van der Waals surface area contributed by atoms with Crippen molar-refractivity contribution in [2.75, 3.05) is 7.11 Å². The molecule has 1 atom stereocenters. The fraction of sp³-hybridized carbons (Fsp3) is 0.429. The van der Waals surface area contributed by atoms with Crippen molar-refractivity contribution in [3.63, 3.8) is 0 Å². The second-order valence-electron chi connectivity index (χ2n) is 4.20. The van der Waals surface area contributed by atoms with Crippen molar-refractivity contribution < 1.29 is 9.47 Å². The highest BCUT2D eigenvalue weighted by atomic mass is 16.5. The van der Waals surface area contributed by atoms with Crippen LogP contribution in [-0.4, -0.2) is 13.2 Å². The topological polar surface area (TPSA) is 44.5 Å². The molecule has 0 saturated heterocycles. The summed E-state index contributed by atoms with van der Waals surface area (Å²) in [5.41, 5.74) is 6.69. The Kier molecular flexibility index (Phi) is 4.04. The lowest BCUT2D eigenvalue weighted by Gasteiger charge is -2.20. The molecule has 1 aromatic carbocycles. The average molecular weight is 233 g/mol. The summed E-state index contributed by atoms with van der Waals surface area (Å²) in [5.74, 6) is 1.55. The minimum absolute atomic E-state index is 0.158. The highest BCUT2D eigenvalue weighted by molar-refractivity contribution is 5.43. The standard InChI is InChI=1S/C14H19NO2/c1-16-13-8-7-11(10-15)9-14(13)17-12-5-3-2-4-6-12/h3,5,7-9,12H,2,4,6,10,15H2,1H3. The molecular weight excluding hydrogens is 214 g/mol. The third-order valence-electron chi connectivity index (χ3n) is 2.95. The van der Waals surface area contributed by atoms with Gasteiger partial charge in [0.05, 0.1) is 7.11 Å². The van der Waals surface area contributed by atoms with E-state index < -0.39 is 0 Å². The minimum Gasteiger partial charge on any atom is -0.493 e. The van der Waals surface area contributed by atoms with Crippen LogP contribution < -0.4 is 15.2 Å². The van der Waals surface area contributed by atoms with Gasteiger partial charge in [-0.15, -0.1) is 0 Å². The summed E-state index contributed by atoms with van der Waals surface area (Å²) in [6.45, 7) is 0.515. The molecule has 0 spiro atoms. The lowest BCUT2D eigenvalue weighted by molar-refractivity contribution is 0.219. The Hall–Kier alpha value is -1.48. The monoisotopic (exact) mass is 233 g/mol. The van der Waals surface area contributed by atoms with Gasteiger partial charge in [0.1, 0.15) is 6.10 Å². The summed E-state index contributed by atoms with van der Waals surface area (Å²) >= 11 is 0. The quantitative estimate of drug-likeness (QED) is 0.813. The SMILES string of the molecule is COc1ccc(CN)cc1OC1C=CCCC1. The molecule has 92 valence electrons. The Morgan fingerprint density at radius 3 is 2.88 bits per heavy atom. The summed E-state index contributed by atoms with van der Waals surface area (Å²) in [5, 5.41) is 0. The van der Waals surface area contributed by atoms with Crippen LogP contribution in [0, 0.1) is 0 Å². The fourth-order valence-electron chi connectivity index (χ4n) is 1.98. The maximum Gasteiger partial charge on any atom is 0.162 e. The van der Waals surface area contributed by atoms with Crippen LogP contribution in [0.25, 0.3) is 0 Å². The molecule has 0 amide bonds. The van der Waals surface area contributed by atoms with Gasteiger partial charge < -0.3 is 15.2 Å². The van der Waals surface area contributed by atoms with Crippen LogP contribution in [0.1, 0.15) is 24.8 Å². The van der Waals surface area contributed by atoms with E-state index in [0.717, 1.165) is 29.9 Å². The summed E-state index contributed by atoms with van der Waals surface area (Å²) < 4.78 is 11.2. The molecule has 3 heteroatoms. The Morgan fingerprint density at radius 2 is 2.24 bits per heavy atom. The van der Waals surface area contributed by atoms with Crippen molar-refractivity contribution in [3.05, 3.63) is 35.9 Å². The number of nitrogens with two attached hydrogens (primary N) is 1. The van der Waals surface area contributed by atoms with E-state index in [-0.39, 0.29) is 6.10 Å². The van der Waals surface area contributed by atoms with Gasteiger partial charge in [0, 0.05) is 6.54 Å². The molecule has 0 heterocycles. The summed E-state index contributed by atoms with van der Waals surface area (Å²) in [7, 11) is 1.65. The number of ether oxygens (including phenoxy) is 2. The van der Waals surface area contributed by atoms with Crippen molar-refractivity contribution in [1.29, 1.82) is 0 Å². The van der Waals surface area contributed by atoms with Gasteiger partial charge in [-0.25, -0.2) is 0 Å². The first-order valence-electron chi connectivity index (χ1n) is 6.04. The third kappa shape index (κ3) is 3.01. The van der Waals surface area contributed by atoms with Crippen LogP contribution in [0.2, 0.25) is 0 Å². The fourth-order valence-corrected chi connectivity index (χ4v) is 1.98. The summed E-state index contributed by atoms with van der Waals surface area (Å²) in [4.78, 5) is 0. The Morgan fingerprint density at radius 1 is 1.35 bits per heavy atom. The van der Waals surface area contributed by atoms with E-state index in [4.69, 9.17) is 15.2 Å². The van der Waals surface area contributed by atoms with Gasteiger partial charge in [0.2, 0.25) is 0 Å². The smallest absolute Gasteiger partial charge is 0.162 e. The molecule has 2 N–H and O–H groups in total. The molecule has 3 nitrogen and oxygen atoms in total. The zero-order chi connectivity index (χ0) is 12.1. The third-order valence-corrected chi connectivity index (χ3v) is 2.95. The lowest BCUT2D eigenvalue weighted by atomic mass is 10.1. The van der Waals surface area contributed by atoms with Gasteiger partial charge in [0.15, 0.2) is 11.5 Å². The zero-order valence-corrected chi connectivity index (χ0v) is 10.2. The summed E-state index contributed by atoms with van der Waals surface area (Å²) in [6, 6.07) is 5.83. The van der Waals surface area contributed by atoms with Gasteiger partial charge in [-0.05, 0) is 43.0 Å². The molecule has 1 unspecified atom stereocenters. The molecule has 0 bridgehead atoms. The second-order valence-corrected chi connectivity index (χ2v) is 4.20. The van der Waals surface area contributed by atoms with Crippen LogP contribution in [0.3, 0.4) is 0 Å². The predicted octanol–water partition coefficient (Wildman–Crippen LogP) is 2.64. The van der Waals surface area contributed by atoms with Crippen molar-refractivity contribution in [2.24, 2.45) is 5.73 Å². The van der Waals surface area contributed by atoms with Crippen LogP contribution >= 0.6 is 0 Å². The molecule has 1 aliphatic rings. The molecular formula is C14H19NO2. The van der Waals surface area contributed by atoms with Gasteiger partial charge in [-0.2, -0.15) is 0 Å². The molecule has 0 aromatic heterocycles. The first-order valence-corrected chi connectivity index (χ1v) is 6.04. The normalized spacial score (nSPS) is 19.1. The van der Waals surface area contributed by atoms with Crippen molar-refractivity contribution in [3.8, 4) is 11.5 Å². The average Bonchev–Trinajstić information content (AvgIpc) is 2.40. The highest BCUT2D eigenvalue weighted by Gasteiger charge is 2.13. The second kappa shape index (κ2) is 5.73. The van der Waals surface area contributed by atoms with Crippen LogP contribution in [-0.2, 0) is 6.54 Å². The first kappa shape index (κ1) is 12.0. The van der Waals surface area contributed by atoms with E-state index in [0.29, 0.717) is 6.54 Å². The molecule has 2 rings (SSSR count). The molecule has 1 aliphatic carbocycles. The maximum atomic E-state index is 5.95. The number of allylic oxidation sites excluding steroid dienone is 1. The number of hydrogen-bond donors (Lipinski definition) is 1. The highest BCUT2D eigenvalue weighted by Crippen LogP contribution is 2.30. The van der Waals surface area contributed by atoms with Crippen molar-refractivity contribution >= 4 is 0 Å². The van der Waals surface area contributed by atoms with E-state index >= 15 is 0 Å². The Bertz CT molecular complexity index is 401. The number of hydrogen-bond acceptors (Lipinski definition) is 3. The molecule has 0 aliphatic heterocycles. The van der Waals surface area contributed by atoms with Crippen LogP contribution in [0.5, 0.6) is 11.5 Å². The molecule has 1 aromatic rings. The van der Waals surface area contributed by atoms with E-state index in [1.165, 1.54) is 6.42 Å². The lowest BCUT2D eigenvalue weighted by Crippen LogP contribution is -2.16. The van der Waals surface area contributed by atoms with Crippen molar-refractivity contribution in [1.82, 2.24) is 0 Å². The number of rotatable bonds is 4. The largest absolute Gasteiger partial charge is 0.493 e. The first-order chi connectivity index (χ1) is 8.33. The van der Waals surface area contributed by atoms with Crippen LogP contribution in [0.4, 0.5) is 0 Å². The minimum atomic E-state index is 0.158. The van der Waals surface area contributed by atoms with E-state index in [1.807, 2.05) is 18.2 Å². The van der Waals surface area contributed by atoms with E-state index in [1.54, 1.807) is 7.11 Å². The summed E-state index contributed by atoms with van der Waals surface area (Å²) in [6.07, 6.45) is 7.85. The van der Waals surface area contributed by atoms with E-state index in [2.05, 4.69) is 12.2 Å². The maximum absolute atomic E-state index is 5.95. The van der Waals surface area contributed by atoms with Crippen LogP contribution in [0.15, 0.2) is 30.4 Å². The number of benzene rings is 1. The molecule has 0 radical (unpaired) electrons. The van der Waals surface area contributed by atoms with Gasteiger partial charge in [0.25, 0.3) is 0 Å². The van der Waals surface area contributed by atoms with Crippen molar-refractivity contribution in [2.45, 2.75) is 31.9 Å². The van der Waals surface area contributed by atoms with E-state index in [9.17, 15) is 0 Å². The molecule has 0 saturated carbocycles. The Labute approximate surface area is 102 Å².